The van der Waals surface area contributed by atoms with Gasteiger partial charge in [-0.05, 0) is 26.0 Å². The third-order valence-corrected chi connectivity index (χ3v) is 4.18. The van der Waals surface area contributed by atoms with E-state index in [9.17, 15) is 4.79 Å². The molecule has 0 radical (unpaired) electrons. The maximum absolute atomic E-state index is 11.9. The molecule has 2 aromatic rings. The standard InChI is InChI=1S/C19H28N6O.HI/c1-19(2,17(26)20-3)14-22-18(21-4)24(5)12-15-11-23-25(13-15)16-9-7-6-8-10-16;/h6-11,13H,12,14H2,1-5H3,(H,20,26)(H,21,22);1H. The highest BCUT2D eigenvalue weighted by Gasteiger charge is 2.27. The number of amides is 1. The molecule has 0 atom stereocenters. The summed E-state index contributed by atoms with van der Waals surface area (Å²) >= 11 is 0. The normalized spacial score (nSPS) is 11.5. The first kappa shape index (κ1) is 22.9. The molecule has 8 heteroatoms. The van der Waals surface area contributed by atoms with Gasteiger partial charge in [-0.2, -0.15) is 5.10 Å². The number of halogens is 1. The number of benzene rings is 1. The molecule has 7 nitrogen and oxygen atoms in total. The summed E-state index contributed by atoms with van der Waals surface area (Å²) < 4.78 is 1.86. The third kappa shape index (κ3) is 6.23. The van der Waals surface area contributed by atoms with Gasteiger partial charge in [0.15, 0.2) is 5.96 Å². The van der Waals surface area contributed by atoms with Crippen molar-refractivity contribution in [3.63, 3.8) is 0 Å². The lowest BCUT2D eigenvalue weighted by molar-refractivity contribution is -0.128. The van der Waals surface area contributed by atoms with Gasteiger partial charge in [0.05, 0.1) is 17.3 Å². The highest BCUT2D eigenvalue weighted by Crippen LogP contribution is 2.14. The second-order valence-electron chi connectivity index (χ2n) is 6.85. The summed E-state index contributed by atoms with van der Waals surface area (Å²) in [5, 5.41) is 10.4. The van der Waals surface area contributed by atoms with Gasteiger partial charge in [-0.1, -0.05) is 18.2 Å². The van der Waals surface area contributed by atoms with Crippen LogP contribution >= 0.6 is 24.0 Å². The number of rotatable bonds is 6. The second-order valence-corrected chi connectivity index (χ2v) is 6.85. The Morgan fingerprint density at radius 3 is 2.56 bits per heavy atom. The minimum atomic E-state index is -0.524. The number of hydrogen-bond acceptors (Lipinski definition) is 3. The molecule has 0 aliphatic carbocycles. The fourth-order valence-corrected chi connectivity index (χ4v) is 2.62. The summed E-state index contributed by atoms with van der Waals surface area (Å²) in [6, 6.07) is 9.99. The lowest BCUT2D eigenvalue weighted by Crippen LogP contribution is -2.47. The summed E-state index contributed by atoms with van der Waals surface area (Å²) in [7, 11) is 5.34. The van der Waals surface area contributed by atoms with Crippen molar-refractivity contribution in [1.29, 1.82) is 0 Å². The fraction of sp³-hybridized carbons (Fsp3) is 0.421. The Bertz CT molecular complexity index is 757. The lowest BCUT2D eigenvalue weighted by Gasteiger charge is -2.27. The number of guanidine groups is 1. The first-order chi connectivity index (χ1) is 12.4. The molecule has 1 heterocycles. The predicted octanol–water partition coefficient (Wildman–Crippen LogP) is 2.27. The maximum atomic E-state index is 11.9. The highest BCUT2D eigenvalue weighted by atomic mass is 127. The van der Waals surface area contributed by atoms with E-state index in [0.717, 1.165) is 17.2 Å². The Hall–Kier alpha value is -2.10. The third-order valence-electron chi connectivity index (χ3n) is 4.18. The van der Waals surface area contributed by atoms with Crippen molar-refractivity contribution in [2.45, 2.75) is 20.4 Å². The van der Waals surface area contributed by atoms with Crippen molar-refractivity contribution in [3.05, 3.63) is 48.3 Å². The van der Waals surface area contributed by atoms with Gasteiger partial charge in [-0.3, -0.25) is 9.79 Å². The molecule has 1 aromatic carbocycles. The van der Waals surface area contributed by atoms with Gasteiger partial charge >= 0.3 is 0 Å². The van der Waals surface area contributed by atoms with Crippen LogP contribution in [0.1, 0.15) is 19.4 Å². The van der Waals surface area contributed by atoms with Crippen LogP contribution in [0.4, 0.5) is 0 Å². The summed E-state index contributed by atoms with van der Waals surface area (Å²) in [6.45, 7) is 4.95. The van der Waals surface area contributed by atoms with Gasteiger partial charge in [-0.15, -0.1) is 24.0 Å². The average molecular weight is 484 g/mol. The van der Waals surface area contributed by atoms with E-state index in [2.05, 4.69) is 20.7 Å². The number of carbonyl (C=O) groups excluding carboxylic acids is 1. The van der Waals surface area contributed by atoms with E-state index in [1.807, 2.05) is 73.2 Å². The number of hydrogen-bond donors (Lipinski definition) is 2. The molecule has 0 spiro atoms. The minimum Gasteiger partial charge on any atom is -0.359 e. The Labute approximate surface area is 178 Å². The zero-order valence-corrected chi connectivity index (χ0v) is 18.9. The molecule has 0 aliphatic heterocycles. The first-order valence-electron chi connectivity index (χ1n) is 8.60. The second kappa shape index (κ2) is 10.3. The molecule has 0 saturated carbocycles. The molecular weight excluding hydrogens is 455 g/mol. The highest BCUT2D eigenvalue weighted by molar-refractivity contribution is 14.0. The molecular formula is C19H29IN6O. The summed E-state index contributed by atoms with van der Waals surface area (Å²) in [5.74, 6) is 0.724. The van der Waals surface area contributed by atoms with Gasteiger partial charge in [0.25, 0.3) is 0 Å². The van der Waals surface area contributed by atoms with E-state index in [4.69, 9.17) is 0 Å². The number of aliphatic imine (C=N–C) groups is 1. The first-order valence-corrected chi connectivity index (χ1v) is 8.60. The maximum Gasteiger partial charge on any atom is 0.227 e. The lowest BCUT2D eigenvalue weighted by atomic mass is 9.92. The largest absolute Gasteiger partial charge is 0.359 e. The van der Waals surface area contributed by atoms with Crippen LogP contribution in [-0.4, -0.2) is 54.2 Å². The van der Waals surface area contributed by atoms with E-state index in [1.165, 1.54) is 0 Å². The average Bonchev–Trinajstić information content (AvgIpc) is 3.10. The molecule has 27 heavy (non-hydrogen) atoms. The monoisotopic (exact) mass is 484 g/mol. The zero-order valence-electron chi connectivity index (χ0n) is 16.6. The zero-order chi connectivity index (χ0) is 19.2. The fourth-order valence-electron chi connectivity index (χ4n) is 2.62. The number of nitrogens with zero attached hydrogens (tertiary/aromatic N) is 4. The van der Waals surface area contributed by atoms with Crippen molar-refractivity contribution < 1.29 is 4.79 Å². The van der Waals surface area contributed by atoms with Crippen LogP contribution in [0.2, 0.25) is 0 Å². The van der Waals surface area contributed by atoms with Crippen LogP contribution in [0.3, 0.4) is 0 Å². The minimum absolute atomic E-state index is 0. The van der Waals surface area contributed by atoms with Crippen LogP contribution in [0.25, 0.3) is 5.69 Å². The van der Waals surface area contributed by atoms with Crippen LogP contribution in [-0.2, 0) is 11.3 Å². The number of carbonyl (C=O) groups is 1. The quantitative estimate of drug-likeness (QED) is 0.375. The van der Waals surface area contributed by atoms with E-state index in [-0.39, 0.29) is 29.9 Å². The van der Waals surface area contributed by atoms with Crippen LogP contribution in [0, 0.1) is 5.41 Å². The van der Waals surface area contributed by atoms with Crippen LogP contribution in [0.5, 0.6) is 0 Å². The summed E-state index contributed by atoms with van der Waals surface area (Å²) in [5.41, 5.74) is 1.57. The van der Waals surface area contributed by atoms with Gasteiger partial charge in [0, 0.05) is 46.0 Å². The SMILES string of the molecule is CN=C(NCC(C)(C)C(=O)NC)N(C)Cc1cnn(-c2ccccc2)c1.I. The Kier molecular flexibility index (Phi) is 8.74. The van der Waals surface area contributed by atoms with Crippen molar-refractivity contribution in [3.8, 4) is 5.69 Å². The number of nitrogens with one attached hydrogen (secondary N) is 2. The Morgan fingerprint density at radius 2 is 1.96 bits per heavy atom. The molecule has 0 aliphatic rings. The van der Waals surface area contributed by atoms with E-state index < -0.39 is 5.41 Å². The molecule has 1 aromatic heterocycles. The number of para-hydroxylation sites is 1. The van der Waals surface area contributed by atoms with Crippen molar-refractivity contribution in [2.24, 2.45) is 10.4 Å². The topological polar surface area (TPSA) is 74.6 Å². The Morgan fingerprint density at radius 1 is 1.30 bits per heavy atom. The van der Waals surface area contributed by atoms with Crippen LogP contribution < -0.4 is 10.6 Å². The summed E-state index contributed by atoms with van der Waals surface area (Å²) in [4.78, 5) is 18.2. The van der Waals surface area contributed by atoms with E-state index in [0.29, 0.717) is 13.1 Å². The molecule has 0 saturated heterocycles. The van der Waals surface area contributed by atoms with Gasteiger partial charge in [-0.25, -0.2) is 4.68 Å². The van der Waals surface area contributed by atoms with Crippen LogP contribution in [0.15, 0.2) is 47.7 Å². The molecule has 0 unspecified atom stereocenters. The van der Waals surface area contributed by atoms with Gasteiger partial charge in [0.1, 0.15) is 0 Å². The van der Waals surface area contributed by atoms with Crippen molar-refractivity contribution >= 4 is 35.8 Å². The molecule has 1 amide bonds. The molecule has 2 N–H and O–H groups in total. The van der Waals surface area contributed by atoms with Crippen molar-refractivity contribution in [2.75, 3.05) is 27.7 Å². The smallest absolute Gasteiger partial charge is 0.227 e. The molecule has 148 valence electrons. The molecule has 0 fully saturated rings. The summed E-state index contributed by atoms with van der Waals surface area (Å²) in [6.07, 6.45) is 3.86. The Balaban J connectivity index is 0.00000364. The molecule has 2 rings (SSSR count). The van der Waals surface area contributed by atoms with E-state index in [1.54, 1.807) is 14.1 Å². The van der Waals surface area contributed by atoms with E-state index >= 15 is 0 Å². The number of aromatic nitrogens is 2. The molecule has 0 bridgehead atoms. The predicted molar refractivity (Wildman–Crippen MR) is 120 cm³/mol. The van der Waals surface area contributed by atoms with Crippen molar-refractivity contribution in [1.82, 2.24) is 25.3 Å². The van der Waals surface area contributed by atoms with Gasteiger partial charge < -0.3 is 15.5 Å². The van der Waals surface area contributed by atoms with Gasteiger partial charge in [0.2, 0.25) is 5.91 Å².